The first-order valence-electron chi connectivity index (χ1n) is 5.92. The van der Waals surface area contributed by atoms with Gasteiger partial charge < -0.3 is 10.4 Å². The summed E-state index contributed by atoms with van der Waals surface area (Å²) in [4.78, 5) is 0. The van der Waals surface area contributed by atoms with Crippen molar-refractivity contribution in [3.05, 3.63) is 28.8 Å². The van der Waals surface area contributed by atoms with Crippen molar-refractivity contribution in [2.75, 3.05) is 11.5 Å². The largest absolute Gasteiger partial charge is 0.508 e. The highest BCUT2D eigenvalue weighted by Gasteiger charge is 2.07. The number of hydrogen-bond donors (Lipinski definition) is 2. The van der Waals surface area contributed by atoms with Gasteiger partial charge in [-0.2, -0.15) is 11.8 Å². The molecular formula is C13H20ClNOS. The predicted molar refractivity (Wildman–Crippen MR) is 77.0 cm³/mol. The lowest BCUT2D eigenvalue weighted by Gasteiger charge is -2.14. The minimum absolute atomic E-state index is 0.264. The minimum Gasteiger partial charge on any atom is -0.508 e. The van der Waals surface area contributed by atoms with E-state index in [0.717, 1.165) is 17.7 Å². The topological polar surface area (TPSA) is 32.3 Å². The van der Waals surface area contributed by atoms with E-state index in [1.807, 2.05) is 11.8 Å². The molecule has 0 aliphatic carbocycles. The van der Waals surface area contributed by atoms with Gasteiger partial charge >= 0.3 is 0 Å². The van der Waals surface area contributed by atoms with Crippen LogP contribution in [0.2, 0.25) is 5.02 Å². The van der Waals surface area contributed by atoms with Gasteiger partial charge in [-0.25, -0.2) is 0 Å². The molecule has 1 atom stereocenters. The number of hydrogen-bond acceptors (Lipinski definition) is 3. The van der Waals surface area contributed by atoms with Gasteiger partial charge in [-0.1, -0.05) is 24.6 Å². The fourth-order valence-electron chi connectivity index (χ4n) is 1.51. The van der Waals surface area contributed by atoms with Gasteiger partial charge in [0.1, 0.15) is 5.75 Å². The lowest BCUT2D eigenvalue weighted by atomic mass is 10.2. The Kier molecular flexibility index (Phi) is 6.78. The molecule has 0 aromatic heterocycles. The third-order valence-electron chi connectivity index (χ3n) is 2.62. The molecule has 0 aliphatic rings. The molecule has 1 unspecified atom stereocenters. The molecule has 0 bridgehead atoms. The van der Waals surface area contributed by atoms with Crippen molar-refractivity contribution in [3.63, 3.8) is 0 Å². The second-order valence-corrected chi connectivity index (χ2v) is 5.81. The molecule has 2 nitrogen and oxygen atoms in total. The third-order valence-corrected chi connectivity index (χ3v) is 3.91. The summed E-state index contributed by atoms with van der Waals surface area (Å²) in [6, 6.07) is 5.66. The zero-order chi connectivity index (χ0) is 12.7. The van der Waals surface area contributed by atoms with E-state index >= 15 is 0 Å². The van der Waals surface area contributed by atoms with Crippen LogP contribution in [0.15, 0.2) is 18.2 Å². The number of phenolic OH excluding ortho intramolecular Hbond substituents is 1. The molecule has 0 radical (unpaired) electrons. The van der Waals surface area contributed by atoms with E-state index in [0.29, 0.717) is 17.6 Å². The third kappa shape index (κ3) is 5.19. The van der Waals surface area contributed by atoms with E-state index in [1.165, 1.54) is 5.75 Å². The number of phenols is 1. The van der Waals surface area contributed by atoms with Gasteiger partial charge in [0.2, 0.25) is 0 Å². The minimum atomic E-state index is 0.264. The second-order valence-electron chi connectivity index (χ2n) is 4.01. The predicted octanol–water partition coefficient (Wildman–Crippen LogP) is 3.67. The number of benzene rings is 1. The Balaban J connectivity index is 2.39. The Hall–Kier alpha value is -0.380. The maximum absolute atomic E-state index is 9.69. The van der Waals surface area contributed by atoms with Crippen LogP contribution in [0.5, 0.6) is 5.75 Å². The Morgan fingerprint density at radius 3 is 2.88 bits per heavy atom. The van der Waals surface area contributed by atoms with E-state index < -0.39 is 0 Å². The van der Waals surface area contributed by atoms with Crippen molar-refractivity contribution in [1.82, 2.24) is 5.32 Å². The van der Waals surface area contributed by atoms with Crippen LogP contribution in [0.4, 0.5) is 0 Å². The fraction of sp³-hybridized carbons (Fsp3) is 0.538. The zero-order valence-electron chi connectivity index (χ0n) is 10.4. The summed E-state index contributed by atoms with van der Waals surface area (Å²) in [6.07, 6.45) is 1.13. The van der Waals surface area contributed by atoms with Gasteiger partial charge in [0.15, 0.2) is 0 Å². The standard InChI is InChI=1S/C13H20ClNOS/c1-3-17-8-7-10(2)15-9-11-12(14)5-4-6-13(11)16/h4-6,10,15-16H,3,7-9H2,1-2H3. The Morgan fingerprint density at radius 2 is 2.24 bits per heavy atom. The summed E-state index contributed by atoms with van der Waals surface area (Å²) in [7, 11) is 0. The first-order valence-corrected chi connectivity index (χ1v) is 7.46. The van der Waals surface area contributed by atoms with Crippen LogP contribution in [0.3, 0.4) is 0 Å². The normalized spacial score (nSPS) is 12.6. The SMILES string of the molecule is CCSCCC(C)NCc1c(O)cccc1Cl. The number of rotatable bonds is 7. The molecule has 0 aliphatic heterocycles. The van der Waals surface area contributed by atoms with Crippen LogP contribution >= 0.6 is 23.4 Å². The first kappa shape index (κ1) is 14.7. The van der Waals surface area contributed by atoms with E-state index in [4.69, 9.17) is 11.6 Å². The Labute approximate surface area is 113 Å². The maximum atomic E-state index is 9.69. The van der Waals surface area contributed by atoms with Gasteiger partial charge in [0, 0.05) is 23.2 Å². The molecule has 0 amide bonds. The van der Waals surface area contributed by atoms with Crippen LogP contribution in [-0.4, -0.2) is 22.7 Å². The zero-order valence-corrected chi connectivity index (χ0v) is 11.9. The summed E-state index contributed by atoms with van der Waals surface area (Å²) >= 11 is 7.98. The number of halogens is 1. The molecule has 0 fully saturated rings. The maximum Gasteiger partial charge on any atom is 0.121 e. The molecule has 1 aromatic carbocycles. The molecule has 4 heteroatoms. The summed E-state index contributed by atoms with van der Waals surface area (Å²) in [6.45, 7) is 4.94. The number of thioether (sulfide) groups is 1. The molecule has 0 saturated carbocycles. The van der Waals surface area contributed by atoms with Crippen LogP contribution in [-0.2, 0) is 6.54 Å². The molecular weight excluding hydrogens is 254 g/mol. The average molecular weight is 274 g/mol. The molecule has 1 aromatic rings. The summed E-state index contributed by atoms with van der Waals surface area (Å²) in [5, 5.41) is 13.7. The highest BCUT2D eigenvalue weighted by molar-refractivity contribution is 7.99. The lowest BCUT2D eigenvalue weighted by Crippen LogP contribution is -2.26. The van der Waals surface area contributed by atoms with Crippen LogP contribution in [0, 0.1) is 0 Å². The van der Waals surface area contributed by atoms with Crippen LogP contribution in [0.25, 0.3) is 0 Å². The van der Waals surface area contributed by atoms with E-state index in [2.05, 4.69) is 19.2 Å². The molecule has 0 heterocycles. The molecule has 17 heavy (non-hydrogen) atoms. The lowest BCUT2D eigenvalue weighted by molar-refractivity contribution is 0.458. The van der Waals surface area contributed by atoms with Gasteiger partial charge in [-0.3, -0.25) is 0 Å². The van der Waals surface area contributed by atoms with Gasteiger partial charge in [0.05, 0.1) is 0 Å². The van der Waals surface area contributed by atoms with Crippen molar-refractivity contribution in [2.24, 2.45) is 0 Å². The monoisotopic (exact) mass is 273 g/mol. The van der Waals surface area contributed by atoms with Crippen molar-refractivity contribution in [1.29, 1.82) is 0 Å². The number of nitrogens with one attached hydrogen (secondary N) is 1. The Bertz CT molecular complexity index is 326. The smallest absolute Gasteiger partial charge is 0.121 e. The fourth-order valence-corrected chi connectivity index (χ4v) is 2.55. The van der Waals surface area contributed by atoms with E-state index in [1.54, 1.807) is 18.2 Å². The second kappa shape index (κ2) is 7.85. The summed E-state index contributed by atoms with van der Waals surface area (Å²) in [5.74, 6) is 2.59. The Morgan fingerprint density at radius 1 is 1.47 bits per heavy atom. The average Bonchev–Trinajstić information content (AvgIpc) is 2.29. The van der Waals surface area contributed by atoms with Crippen LogP contribution in [0.1, 0.15) is 25.8 Å². The highest BCUT2D eigenvalue weighted by atomic mass is 35.5. The van der Waals surface area contributed by atoms with Gasteiger partial charge in [-0.15, -0.1) is 0 Å². The number of aromatic hydroxyl groups is 1. The molecule has 96 valence electrons. The highest BCUT2D eigenvalue weighted by Crippen LogP contribution is 2.24. The summed E-state index contributed by atoms with van der Waals surface area (Å²) < 4.78 is 0. The molecule has 1 rings (SSSR count). The molecule has 2 N–H and O–H groups in total. The molecule has 0 spiro atoms. The first-order chi connectivity index (χ1) is 8.15. The van der Waals surface area contributed by atoms with Gasteiger partial charge in [0.25, 0.3) is 0 Å². The summed E-state index contributed by atoms with van der Waals surface area (Å²) in [5.41, 5.74) is 0.782. The van der Waals surface area contributed by atoms with Crippen molar-refractivity contribution in [2.45, 2.75) is 32.9 Å². The van der Waals surface area contributed by atoms with Crippen LogP contribution < -0.4 is 5.32 Å². The van der Waals surface area contributed by atoms with Crippen molar-refractivity contribution in [3.8, 4) is 5.75 Å². The quantitative estimate of drug-likeness (QED) is 0.744. The van der Waals surface area contributed by atoms with Crippen molar-refractivity contribution < 1.29 is 5.11 Å². The van der Waals surface area contributed by atoms with E-state index in [-0.39, 0.29) is 5.75 Å². The van der Waals surface area contributed by atoms with Gasteiger partial charge in [-0.05, 0) is 37.0 Å². The van der Waals surface area contributed by atoms with E-state index in [9.17, 15) is 5.11 Å². The van der Waals surface area contributed by atoms with Crippen molar-refractivity contribution >= 4 is 23.4 Å². The molecule has 0 saturated heterocycles.